The Bertz CT molecular complexity index is 306. The van der Waals surface area contributed by atoms with Gasteiger partial charge in [-0.05, 0) is 6.08 Å². The average molecular weight is 150 g/mol. The minimum absolute atomic E-state index is 0.0556. The smallest absolute Gasteiger partial charge is 0.300 e. The first-order valence-electron chi connectivity index (χ1n) is 2.95. The third-order valence-corrected chi connectivity index (χ3v) is 1.17. The number of nitrogens with zero attached hydrogens (tertiary/aromatic N) is 1. The fraction of sp³-hybridized carbons (Fsp3) is 0. The zero-order chi connectivity index (χ0) is 8.27. The van der Waals surface area contributed by atoms with Crippen LogP contribution in [0.4, 0.5) is 0 Å². The molecule has 0 aliphatic heterocycles. The van der Waals surface area contributed by atoms with Crippen LogP contribution in [0.25, 0.3) is 0 Å². The van der Waals surface area contributed by atoms with E-state index in [1.165, 1.54) is 12.2 Å². The van der Waals surface area contributed by atoms with Crippen LogP contribution in [-0.4, -0.2) is 4.92 Å². The van der Waals surface area contributed by atoms with Crippen LogP contribution in [0.2, 0.25) is 0 Å². The van der Waals surface area contributed by atoms with E-state index in [1.807, 2.05) is 0 Å². The summed E-state index contributed by atoms with van der Waals surface area (Å²) in [5, 5.41) is 10.3. The minimum Gasteiger partial charge on any atom is -0.387 e. The highest BCUT2D eigenvalue weighted by atomic mass is 16.6. The van der Waals surface area contributed by atoms with Gasteiger partial charge in [0.05, 0.1) is 4.92 Å². The van der Waals surface area contributed by atoms with Crippen LogP contribution in [0.15, 0.2) is 41.4 Å². The number of nitrogens with two attached hydrogens (primary N) is 1. The van der Waals surface area contributed by atoms with Crippen LogP contribution in [0.3, 0.4) is 0 Å². The Hall–Kier alpha value is -1.80. The highest BCUT2D eigenvalue weighted by molar-refractivity contribution is 5.30. The van der Waals surface area contributed by atoms with E-state index in [0.717, 1.165) is 0 Å². The number of hydrogen-bond donors (Lipinski definition) is 1. The standard InChI is InChI=1S/C7H6N2O2/c8-6-4-2-1-3-5-7(6)9(10)11/h1-3,5H,8H2. The van der Waals surface area contributed by atoms with E-state index >= 15 is 0 Å². The molecule has 1 aliphatic rings. The van der Waals surface area contributed by atoms with Gasteiger partial charge in [-0.15, -0.1) is 0 Å². The highest BCUT2D eigenvalue weighted by Crippen LogP contribution is 2.05. The Morgan fingerprint density at radius 1 is 1.55 bits per heavy atom. The fourth-order valence-corrected chi connectivity index (χ4v) is 0.663. The Labute approximate surface area is 63.2 Å². The first-order valence-corrected chi connectivity index (χ1v) is 2.95. The molecule has 0 aromatic carbocycles. The normalized spacial score (nSPS) is 15.3. The maximum Gasteiger partial charge on any atom is 0.300 e. The summed E-state index contributed by atoms with van der Waals surface area (Å²) in [6.45, 7) is 0. The number of hydrogen-bond acceptors (Lipinski definition) is 3. The molecule has 0 atom stereocenters. The lowest BCUT2D eigenvalue weighted by Crippen LogP contribution is -2.07. The van der Waals surface area contributed by atoms with Crippen molar-refractivity contribution < 1.29 is 4.92 Å². The first-order chi connectivity index (χ1) is 5.22. The van der Waals surface area contributed by atoms with Crippen molar-refractivity contribution in [1.29, 1.82) is 0 Å². The molecular formula is C7H6N2O2. The fourth-order valence-electron chi connectivity index (χ4n) is 0.663. The molecule has 11 heavy (non-hydrogen) atoms. The van der Waals surface area contributed by atoms with Gasteiger partial charge in [0.2, 0.25) is 0 Å². The van der Waals surface area contributed by atoms with Crippen LogP contribution in [0.1, 0.15) is 0 Å². The van der Waals surface area contributed by atoms with Crippen LogP contribution in [0, 0.1) is 10.1 Å². The highest BCUT2D eigenvalue weighted by Gasteiger charge is 2.12. The molecule has 0 radical (unpaired) electrons. The van der Waals surface area contributed by atoms with Crippen LogP contribution in [0.5, 0.6) is 0 Å². The molecule has 0 aromatic heterocycles. The summed E-state index contributed by atoms with van der Waals surface area (Å²) in [6.07, 6.45) is 6.04. The Morgan fingerprint density at radius 3 is 2.91 bits per heavy atom. The van der Waals surface area contributed by atoms with Crippen molar-refractivity contribution in [2.75, 3.05) is 0 Å². The molecule has 0 spiro atoms. The van der Waals surface area contributed by atoms with Crippen molar-refractivity contribution >= 4 is 0 Å². The van der Waals surface area contributed by atoms with Gasteiger partial charge >= 0.3 is 0 Å². The molecule has 0 bridgehead atoms. The van der Waals surface area contributed by atoms with Gasteiger partial charge in [-0.2, -0.15) is 0 Å². The molecule has 56 valence electrons. The van der Waals surface area contributed by atoms with Gasteiger partial charge in [0, 0.05) is 6.08 Å². The Kier molecular flexibility index (Phi) is 1.90. The first kappa shape index (κ1) is 7.31. The number of allylic oxidation sites excluding steroid dienone is 3. The lowest BCUT2D eigenvalue weighted by Gasteiger charge is -1.91. The molecule has 4 nitrogen and oxygen atoms in total. The SMILES string of the molecule is NC1=C=CC=CC=C1[N+](=O)[O-]. The van der Waals surface area contributed by atoms with Crippen molar-refractivity contribution in [3.05, 3.63) is 51.5 Å². The van der Waals surface area contributed by atoms with Crippen LogP contribution in [-0.2, 0) is 0 Å². The summed E-state index contributed by atoms with van der Waals surface area (Å²) in [5.41, 5.74) is 7.79. The van der Waals surface area contributed by atoms with Crippen LogP contribution >= 0.6 is 0 Å². The summed E-state index contributed by atoms with van der Waals surface area (Å²) in [4.78, 5) is 9.73. The van der Waals surface area contributed by atoms with Gasteiger partial charge in [0.1, 0.15) is 0 Å². The maximum atomic E-state index is 10.3. The van der Waals surface area contributed by atoms with E-state index < -0.39 is 4.92 Å². The molecule has 0 fully saturated rings. The summed E-state index contributed by atoms with van der Waals surface area (Å²) < 4.78 is 0. The predicted molar refractivity (Wildman–Crippen MR) is 40.0 cm³/mol. The van der Waals surface area contributed by atoms with Crippen molar-refractivity contribution in [2.45, 2.75) is 0 Å². The molecule has 2 N–H and O–H groups in total. The molecule has 0 saturated heterocycles. The molecule has 0 amide bonds. The molecule has 0 heterocycles. The summed E-state index contributed by atoms with van der Waals surface area (Å²) in [5.74, 6) is 0. The molecule has 0 saturated carbocycles. The van der Waals surface area contributed by atoms with Gasteiger partial charge in [-0.25, -0.2) is 0 Å². The molecule has 0 unspecified atom stereocenters. The lowest BCUT2D eigenvalue weighted by molar-refractivity contribution is -0.420. The van der Waals surface area contributed by atoms with Gasteiger partial charge in [-0.3, -0.25) is 10.1 Å². The second-order valence-corrected chi connectivity index (χ2v) is 1.92. The van der Waals surface area contributed by atoms with E-state index in [9.17, 15) is 10.1 Å². The zero-order valence-electron chi connectivity index (χ0n) is 5.65. The Morgan fingerprint density at radius 2 is 2.27 bits per heavy atom. The predicted octanol–water partition coefficient (Wildman–Crippen LogP) is 0.715. The molecular weight excluding hydrogens is 144 g/mol. The topological polar surface area (TPSA) is 69.2 Å². The average Bonchev–Trinajstić information content (AvgIpc) is 2.13. The van der Waals surface area contributed by atoms with Gasteiger partial charge in [0.15, 0.2) is 5.70 Å². The second kappa shape index (κ2) is 2.86. The van der Waals surface area contributed by atoms with Gasteiger partial charge in [0.25, 0.3) is 5.70 Å². The van der Waals surface area contributed by atoms with E-state index in [2.05, 4.69) is 5.73 Å². The number of rotatable bonds is 1. The molecule has 0 aromatic rings. The van der Waals surface area contributed by atoms with Crippen LogP contribution < -0.4 is 5.73 Å². The maximum absolute atomic E-state index is 10.3. The summed E-state index contributed by atoms with van der Waals surface area (Å²) in [6, 6.07) is 0. The summed E-state index contributed by atoms with van der Waals surface area (Å²) >= 11 is 0. The van der Waals surface area contributed by atoms with Gasteiger partial charge < -0.3 is 5.73 Å². The largest absolute Gasteiger partial charge is 0.387 e. The third kappa shape index (κ3) is 1.56. The monoisotopic (exact) mass is 150 g/mol. The van der Waals surface area contributed by atoms with Crippen molar-refractivity contribution in [3.63, 3.8) is 0 Å². The van der Waals surface area contributed by atoms with E-state index in [0.29, 0.717) is 0 Å². The lowest BCUT2D eigenvalue weighted by atomic mass is 10.3. The number of nitro groups is 1. The molecule has 1 rings (SSSR count). The Balaban J connectivity index is 3.12. The van der Waals surface area contributed by atoms with E-state index in [4.69, 9.17) is 5.73 Å². The minimum atomic E-state index is -0.536. The van der Waals surface area contributed by atoms with Crippen molar-refractivity contribution in [1.82, 2.24) is 0 Å². The second-order valence-electron chi connectivity index (χ2n) is 1.92. The zero-order valence-corrected chi connectivity index (χ0v) is 5.65. The van der Waals surface area contributed by atoms with Crippen molar-refractivity contribution in [3.8, 4) is 0 Å². The van der Waals surface area contributed by atoms with Crippen molar-refractivity contribution in [2.24, 2.45) is 5.73 Å². The van der Waals surface area contributed by atoms with E-state index in [1.54, 1.807) is 12.2 Å². The molecule has 4 heteroatoms. The quantitative estimate of drug-likeness (QED) is 0.340. The van der Waals surface area contributed by atoms with E-state index in [-0.39, 0.29) is 11.4 Å². The van der Waals surface area contributed by atoms with Gasteiger partial charge in [-0.1, -0.05) is 17.9 Å². The third-order valence-electron chi connectivity index (χ3n) is 1.17. The molecule has 1 aliphatic carbocycles. The summed E-state index contributed by atoms with van der Waals surface area (Å²) in [7, 11) is 0.